The minimum absolute atomic E-state index is 0. The summed E-state index contributed by atoms with van der Waals surface area (Å²) in [5, 5.41) is 0. The number of fused-ring (bicyclic) bond motifs is 2. The first-order valence-corrected chi connectivity index (χ1v) is 13.5. The minimum Gasteiger partial charge on any atom is -0.396 e. The van der Waals surface area contributed by atoms with Crippen molar-refractivity contribution in [3.63, 3.8) is 0 Å². The summed E-state index contributed by atoms with van der Waals surface area (Å²) in [5.41, 5.74) is 5.34. The molecule has 0 saturated carbocycles. The molecule has 0 fully saturated rings. The summed E-state index contributed by atoms with van der Waals surface area (Å²) < 4.78 is 3.57. The van der Waals surface area contributed by atoms with Crippen molar-refractivity contribution in [3.05, 3.63) is 84.5 Å². The molecular formula is C31H32N10Pt. The summed E-state index contributed by atoms with van der Waals surface area (Å²) in [5.74, 6) is 1.35. The van der Waals surface area contributed by atoms with Gasteiger partial charge in [0.2, 0.25) is 0 Å². The van der Waals surface area contributed by atoms with Crippen LogP contribution in [0.1, 0.15) is 78.2 Å². The Morgan fingerprint density at radius 2 is 0.976 bits per heavy atom. The molecule has 0 aliphatic carbocycles. The van der Waals surface area contributed by atoms with E-state index >= 15 is 0 Å². The fourth-order valence-electron chi connectivity index (χ4n) is 4.91. The number of aromatic nitrogens is 10. The maximum absolute atomic E-state index is 5.03. The molecule has 6 aromatic rings. The zero-order chi connectivity index (χ0) is 29.2. The van der Waals surface area contributed by atoms with Crippen LogP contribution in [0.15, 0.2) is 49.1 Å². The van der Waals surface area contributed by atoms with Gasteiger partial charge in [-0.1, -0.05) is 65.8 Å². The van der Waals surface area contributed by atoms with E-state index in [9.17, 15) is 0 Å². The molecule has 0 aliphatic heterocycles. The SMILES string of the molecule is CC(C)(C)c1ncnc2c1n[c-]n2-c1cccc(C(C)(C)c2cccc(-n3[c-]nc4c(C(C)(C)C)ncnc43)n2)n1.[Pt+2]. The van der Waals surface area contributed by atoms with Crippen molar-refractivity contribution in [1.82, 2.24) is 49.0 Å². The number of nitrogens with zero attached hydrogens (tertiary/aromatic N) is 10. The molecule has 0 amide bonds. The smallest absolute Gasteiger partial charge is 0.396 e. The van der Waals surface area contributed by atoms with Crippen LogP contribution in [0.3, 0.4) is 0 Å². The largest absolute Gasteiger partial charge is 2.00 e. The maximum atomic E-state index is 5.03. The van der Waals surface area contributed by atoms with E-state index in [-0.39, 0.29) is 31.9 Å². The number of rotatable bonds is 4. The molecule has 6 aromatic heterocycles. The molecular weight excluding hydrogens is 707 g/mol. The minimum atomic E-state index is -0.532. The van der Waals surface area contributed by atoms with Crippen molar-refractivity contribution in [3.8, 4) is 11.6 Å². The average molecular weight is 740 g/mol. The molecule has 0 bridgehead atoms. The van der Waals surface area contributed by atoms with Crippen LogP contribution < -0.4 is 0 Å². The van der Waals surface area contributed by atoms with Crippen molar-refractivity contribution in [2.45, 2.75) is 71.6 Å². The van der Waals surface area contributed by atoms with Crippen molar-refractivity contribution in [2.24, 2.45) is 0 Å². The van der Waals surface area contributed by atoms with Crippen LogP contribution >= 0.6 is 0 Å². The molecule has 0 spiro atoms. The third-order valence-corrected chi connectivity index (χ3v) is 7.18. The van der Waals surface area contributed by atoms with Gasteiger partial charge in [-0.15, -0.1) is 0 Å². The summed E-state index contributed by atoms with van der Waals surface area (Å²) in [6.07, 6.45) is 9.31. The average Bonchev–Trinajstić information content (AvgIpc) is 3.56. The first-order chi connectivity index (χ1) is 19.4. The Hall–Kier alpha value is -3.91. The van der Waals surface area contributed by atoms with E-state index in [4.69, 9.17) is 9.97 Å². The molecule has 0 unspecified atom stereocenters. The van der Waals surface area contributed by atoms with Gasteiger partial charge >= 0.3 is 21.1 Å². The van der Waals surface area contributed by atoms with Crippen molar-refractivity contribution in [2.75, 3.05) is 0 Å². The topological polar surface area (TPSA) is 113 Å². The van der Waals surface area contributed by atoms with Crippen molar-refractivity contribution in [1.29, 1.82) is 0 Å². The normalized spacial score (nSPS) is 12.6. The number of hydrogen-bond acceptors (Lipinski definition) is 8. The van der Waals surface area contributed by atoms with Gasteiger partial charge in [-0.25, -0.2) is 0 Å². The molecule has 11 heteroatoms. The summed E-state index contributed by atoms with van der Waals surface area (Å²) in [4.78, 5) is 37.1. The Morgan fingerprint density at radius 3 is 1.36 bits per heavy atom. The van der Waals surface area contributed by atoms with E-state index in [0.29, 0.717) is 22.9 Å². The second-order valence-corrected chi connectivity index (χ2v) is 12.8. The predicted molar refractivity (Wildman–Crippen MR) is 156 cm³/mol. The van der Waals surface area contributed by atoms with E-state index in [1.165, 1.54) is 0 Å². The number of hydrogen-bond donors (Lipinski definition) is 0. The van der Waals surface area contributed by atoms with E-state index in [0.717, 1.165) is 33.8 Å². The van der Waals surface area contributed by atoms with Gasteiger partial charge in [0.25, 0.3) is 0 Å². The van der Waals surface area contributed by atoms with Gasteiger partial charge in [-0.05, 0) is 36.8 Å². The number of pyridine rings is 2. The fourth-order valence-corrected chi connectivity index (χ4v) is 4.91. The Bertz CT molecular complexity index is 1770. The van der Waals surface area contributed by atoms with Gasteiger partial charge in [-0.3, -0.25) is 29.9 Å². The molecule has 0 atom stereocenters. The van der Waals surface area contributed by atoms with Crippen LogP contribution in [0.4, 0.5) is 0 Å². The molecule has 0 aliphatic rings. The van der Waals surface area contributed by atoms with Crippen LogP contribution in [0.5, 0.6) is 0 Å². The third kappa shape index (κ3) is 5.02. The van der Waals surface area contributed by atoms with Crippen LogP contribution in [0.2, 0.25) is 0 Å². The second-order valence-electron chi connectivity index (χ2n) is 12.8. The Kier molecular flexibility index (Phi) is 7.34. The molecule has 0 radical (unpaired) electrons. The first-order valence-electron chi connectivity index (χ1n) is 13.5. The summed E-state index contributed by atoms with van der Waals surface area (Å²) in [6.45, 7) is 16.9. The molecule has 0 aromatic carbocycles. The standard InChI is InChI=1S/C31H32N10.Pt/c1-29(2,3)25-23-27(34-15-32-25)40(17-36-23)21-13-9-11-19(38-21)31(7,8)20-12-10-14-22(39-20)41-18-37-24-26(30(4,5)6)33-16-35-28(24)41;/h9-16H,1-8H3;/q-2;+2. The molecule has 10 nitrogen and oxygen atoms in total. The first kappa shape index (κ1) is 29.6. The van der Waals surface area contributed by atoms with Crippen LogP contribution in [0, 0.1) is 12.7 Å². The zero-order valence-corrected chi connectivity index (χ0v) is 27.2. The van der Waals surface area contributed by atoms with Gasteiger partial charge < -0.3 is 19.1 Å². The quantitative estimate of drug-likeness (QED) is 0.226. The summed E-state index contributed by atoms with van der Waals surface area (Å²) >= 11 is 0. The van der Waals surface area contributed by atoms with Crippen LogP contribution in [-0.4, -0.2) is 49.0 Å². The fraction of sp³-hybridized carbons (Fsp3) is 0.355. The molecule has 0 N–H and O–H groups in total. The molecule has 216 valence electrons. The van der Waals surface area contributed by atoms with Gasteiger partial charge in [0, 0.05) is 63.2 Å². The predicted octanol–water partition coefficient (Wildman–Crippen LogP) is 5.25. The van der Waals surface area contributed by atoms with Gasteiger partial charge in [0.1, 0.15) is 12.7 Å². The zero-order valence-electron chi connectivity index (χ0n) is 24.9. The molecule has 42 heavy (non-hydrogen) atoms. The Balaban J connectivity index is 0.00000353. The summed E-state index contributed by atoms with van der Waals surface area (Å²) in [7, 11) is 0. The van der Waals surface area contributed by atoms with Gasteiger partial charge in [0.05, 0.1) is 11.6 Å². The Labute approximate surface area is 259 Å². The number of imidazole rings is 2. The van der Waals surface area contributed by atoms with Crippen LogP contribution in [0.25, 0.3) is 34.0 Å². The van der Waals surface area contributed by atoms with Crippen LogP contribution in [-0.2, 0) is 37.3 Å². The van der Waals surface area contributed by atoms with E-state index < -0.39 is 5.41 Å². The van der Waals surface area contributed by atoms with E-state index in [1.807, 2.05) is 36.4 Å². The Morgan fingerprint density at radius 1 is 0.571 bits per heavy atom. The molecule has 6 heterocycles. The molecule has 6 rings (SSSR count). The van der Waals surface area contributed by atoms with Gasteiger partial charge in [-0.2, -0.15) is 0 Å². The van der Waals surface area contributed by atoms with E-state index in [2.05, 4.69) is 97.9 Å². The van der Waals surface area contributed by atoms with Gasteiger partial charge in [0.15, 0.2) is 0 Å². The maximum Gasteiger partial charge on any atom is 2.00 e. The van der Waals surface area contributed by atoms with E-state index in [1.54, 1.807) is 21.8 Å². The second kappa shape index (κ2) is 10.4. The summed E-state index contributed by atoms with van der Waals surface area (Å²) in [6, 6.07) is 11.8. The van der Waals surface area contributed by atoms with Crippen molar-refractivity contribution >= 4 is 22.3 Å². The monoisotopic (exact) mass is 739 g/mol. The van der Waals surface area contributed by atoms with Crippen molar-refractivity contribution < 1.29 is 21.1 Å². The molecule has 0 saturated heterocycles. The third-order valence-electron chi connectivity index (χ3n) is 7.18.